The maximum absolute atomic E-state index is 12.7. The number of hydrogen-bond donors (Lipinski definition) is 1. The van der Waals surface area contributed by atoms with Crippen LogP contribution in [0.2, 0.25) is 0 Å². The van der Waals surface area contributed by atoms with Crippen LogP contribution in [-0.2, 0) is 10.5 Å². The van der Waals surface area contributed by atoms with Crippen LogP contribution >= 0.6 is 23.5 Å². The molecule has 2 aromatic heterocycles. The first kappa shape index (κ1) is 21.7. The highest BCUT2D eigenvalue weighted by Crippen LogP contribution is 2.41. The van der Waals surface area contributed by atoms with Crippen LogP contribution < -0.4 is 5.32 Å². The predicted octanol–water partition coefficient (Wildman–Crippen LogP) is 5.56. The summed E-state index contributed by atoms with van der Waals surface area (Å²) in [5.74, 6) is 2.45. The Labute approximate surface area is 201 Å². The number of aromatic nitrogens is 4. The third-order valence-electron chi connectivity index (χ3n) is 5.18. The minimum Gasteiger partial charge on any atom is -0.325 e. The van der Waals surface area contributed by atoms with Gasteiger partial charge < -0.3 is 5.32 Å². The third kappa shape index (κ3) is 5.64. The number of anilines is 1. The smallest absolute Gasteiger partial charge is 0.234 e. The zero-order valence-electron chi connectivity index (χ0n) is 17.9. The molecule has 0 saturated heterocycles. The molecule has 1 aliphatic rings. The van der Waals surface area contributed by atoms with E-state index in [1.807, 2.05) is 66.7 Å². The summed E-state index contributed by atoms with van der Waals surface area (Å²) in [6, 6.07) is 23.9. The number of carbonyl (C=O) groups excluding carboxylic acids is 1. The Morgan fingerprint density at radius 2 is 1.82 bits per heavy atom. The van der Waals surface area contributed by atoms with Gasteiger partial charge in [0.15, 0.2) is 5.16 Å². The van der Waals surface area contributed by atoms with E-state index in [1.165, 1.54) is 11.8 Å². The predicted molar refractivity (Wildman–Crippen MR) is 133 cm³/mol. The molecular weight excluding hydrogens is 450 g/mol. The van der Waals surface area contributed by atoms with E-state index in [0.29, 0.717) is 5.92 Å². The van der Waals surface area contributed by atoms with Gasteiger partial charge in [-0.2, -0.15) is 0 Å². The maximum atomic E-state index is 12.7. The van der Waals surface area contributed by atoms with E-state index in [-0.39, 0.29) is 11.7 Å². The second kappa shape index (κ2) is 10.2. The maximum Gasteiger partial charge on any atom is 0.234 e. The molecule has 5 rings (SSSR count). The molecule has 0 bridgehead atoms. The van der Waals surface area contributed by atoms with Crippen molar-refractivity contribution in [1.82, 2.24) is 19.7 Å². The molecule has 1 aliphatic carbocycles. The van der Waals surface area contributed by atoms with Crippen molar-refractivity contribution >= 4 is 35.1 Å². The number of nitrogens with zero attached hydrogens (tertiary/aromatic N) is 4. The van der Waals surface area contributed by atoms with Crippen molar-refractivity contribution in [2.75, 3.05) is 11.1 Å². The fourth-order valence-corrected chi connectivity index (χ4v) is 5.02. The van der Waals surface area contributed by atoms with Crippen LogP contribution in [0.15, 0.2) is 89.2 Å². The summed E-state index contributed by atoms with van der Waals surface area (Å²) in [5, 5.41) is 13.6. The number of carbonyl (C=O) groups is 1. The van der Waals surface area contributed by atoms with Gasteiger partial charge in [0, 0.05) is 29.2 Å². The van der Waals surface area contributed by atoms with Gasteiger partial charge in [-0.25, -0.2) is 4.98 Å². The van der Waals surface area contributed by atoms with Gasteiger partial charge in [0.25, 0.3) is 0 Å². The Bertz CT molecular complexity index is 1230. The summed E-state index contributed by atoms with van der Waals surface area (Å²) in [6.45, 7) is 0. The molecule has 166 valence electrons. The molecule has 4 aromatic rings. The van der Waals surface area contributed by atoms with Crippen molar-refractivity contribution in [1.29, 1.82) is 0 Å². The monoisotopic (exact) mass is 473 g/mol. The average molecular weight is 474 g/mol. The number of pyridine rings is 1. The first-order valence-electron chi connectivity index (χ1n) is 10.8. The summed E-state index contributed by atoms with van der Waals surface area (Å²) < 4.78 is 2.09. The highest BCUT2D eigenvalue weighted by atomic mass is 32.2. The van der Waals surface area contributed by atoms with E-state index in [1.54, 1.807) is 18.0 Å². The van der Waals surface area contributed by atoms with Crippen molar-refractivity contribution in [3.05, 3.63) is 90.4 Å². The molecule has 1 amide bonds. The number of hydrogen-bond acceptors (Lipinski definition) is 6. The first-order valence-corrected chi connectivity index (χ1v) is 12.8. The van der Waals surface area contributed by atoms with Gasteiger partial charge in [0.1, 0.15) is 5.82 Å². The lowest BCUT2D eigenvalue weighted by molar-refractivity contribution is -0.113. The standard InChI is InChI=1S/C25H23N5OS2/c31-22(27-20-8-6-7-18(15-20)16-32-23-11-4-5-14-26-23)17-33-25-29-28-24(19-12-13-19)30(25)21-9-2-1-3-10-21/h1-11,14-15,19H,12-13,16-17H2,(H,27,31). The van der Waals surface area contributed by atoms with Crippen LogP contribution in [0, 0.1) is 0 Å². The van der Waals surface area contributed by atoms with Crippen LogP contribution in [-0.4, -0.2) is 31.4 Å². The normalized spacial score (nSPS) is 13.1. The van der Waals surface area contributed by atoms with E-state index in [9.17, 15) is 4.79 Å². The van der Waals surface area contributed by atoms with Crippen LogP contribution in [0.5, 0.6) is 0 Å². The fourth-order valence-electron chi connectivity index (χ4n) is 3.46. The number of nitrogens with one attached hydrogen (secondary N) is 1. The lowest BCUT2D eigenvalue weighted by Gasteiger charge is -2.10. The highest BCUT2D eigenvalue weighted by molar-refractivity contribution is 7.99. The molecule has 2 heterocycles. The molecule has 1 fully saturated rings. The van der Waals surface area contributed by atoms with Crippen molar-refractivity contribution in [3.63, 3.8) is 0 Å². The molecule has 2 aromatic carbocycles. The van der Waals surface area contributed by atoms with Crippen molar-refractivity contribution < 1.29 is 4.79 Å². The van der Waals surface area contributed by atoms with E-state index >= 15 is 0 Å². The minimum atomic E-state index is -0.0647. The van der Waals surface area contributed by atoms with Gasteiger partial charge in [0.05, 0.1) is 10.8 Å². The van der Waals surface area contributed by atoms with Crippen LogP contribution in [0.1, 0.15) is 30.1 Å². The summed E-state index contributed by atoms with van der Waals surface area (Å²) >= 11 is 3.08. The molecule has 1 saturated carbocycles. The number of para-hydroxylation sites is 1. The third-order valence-corrected chi connectivity index (χ3v) is 7.13. The Hall–Kier alpha value is -3.10. The number of rotatable bonds is 9. The lowest BCUT2D eigenvalue weighted by atomic mass is 10.2. The minimum absolute atomic E-state index is 0.0647. The van der Waals surface area contributed by atoms with Gasteiger partial charge >= 0.3 is 0 Å². The Morgan fingerprint density at radius 3 is 2.61 bits per heavy atom. The Balaban J connectivity index is 1.21. The Morgan fingerprint density at radius 1 is 0.970 bits per heavy atom. The quantitative estimate of drug-likeness (QED) is 0.321. The second-order valence-corrected chi connectivity index (χ2v) is 9.72. The van der Waals surface area contributed by atoms with Gasteiger partial charge in [-0.15, -0.1) is 22.0 Å². The van der Waals surface area contributed by atoms with E-state index in [2.05, 4.69) is 31.1 Å². The number of amides is 1. The summed E-state index contributed by atoms with van der Waals surface area (Å²) in [5.41, 5.74) is 2.96. The number of benzene rings is 2. The lowest BCUT2D eigenvalue weighted by Crippen LogP contribution is -2.14. The zero-order chi connectivity index (χ0) is 22.5. The molecule has 0 atom stereocenters. The fraction of sp³-hybridized carbons (Fsp3) is 0.200. The van der Waals surface area contributed by atoms with Crippen LogP contribution in [0.3, 0.4) is 0 Å². The zero-order valence-corrected chi connectivity index (χ0v) is 19.6. The summed E-state index contributed by atoms with van der Waals surface area (Å²) in [6.07, 6.45) is 4.08. The summed E-state index contributed by atoms with van der Waals surface area (Å²) in [4.78, 5) is 17.0. The SMILES string of the molecule is O=C(CSc1nnc(C2CC2)n1-c1ccccc1)Nc1cccc(CSc2ccccn2)c1. The molecule has 8 heteroatoms. The molecule has 1 N–H and O–H groups in total. The first-order chi connectivity index (χ1) is 16.3. The molecule has 6 nitrogen and oxygen atoms in total. The van der Waals surface area contributed by atoms with E-state index in [0.717, 1.165) is 51.5 Å². The van der Waals surface area contributed by atoms with Crippen LogP contribution in [0.4, 0.5) is 5.69 Å². The molecular formula is C25H23N5OS2. The van der Waals surface area contributed by atoms with Crippen LogP contribution in [0.25, 0.3) is 5.69 Å². The van der Waals surface area contributed by atoms with Gasteiger partial charge in [0.2, 0.25) is 5.91 Å². The Kier molecular flexibility index (Phi) is 6.73. The summed E-state index contributed by atoms with van der Waals surface area (Å²) in [7, 11) is 0. The molecule has 0 radical (unpaired) electrons. The number of thioether (sulfide) groups is 2. The van der Waals surface area contributed by atoms with Gasteiger partial charge in [-0.3, -0.25) is 9.36 Å². The topological polar surface area (TPSA) is 72.7 Å². The van der Waals surface area contributed by atoms with Gasteiger partial charge in [-0.05, 0) is 54.8 Å². The highest BCUT2D eigenvalue weighted by Gasteiger charge is 2.31. The largest absolute Gasteiger partial charge is 0.325 e. The molecule has 0 aliphatic heterocycles. The van der Waals surface area contributed by atoms with Crippen molar-refractivity contribution in [3.8, 4) is 5.69 Å². The van der Waals surface area contributed by atoms with E-state index in [4.69, 9.17) is 0 Å². The molecule has 0 unspecified atom stereocenters. The molecule has 0 spiro atoms. The van der Waals surface area contributed by atoms with Gasteiger partial charge in [-0.1, -0.05) is 48.2 Å². The molecule has 33 heavy (non-hydrogen) atoms. The average Bonchev–Trinajstić information content (AvgIpc) is 3.62. The van der Waals surface area contributed by atoms with E-state index < -0.39 is 0 Å². The second-order valence-electron chi connectivity index (χ2n) is 7.78. The van der Waals surface area contributed by atoms with Crippen molar-refractivity contribution in [2.24, 2.45) is 0 Å². The van der Waals surface area contributed by atoms with Crippen molar-refractivity contribution in [2.45, 2.75) is 34.7 Å².